The van der Waals surface area contributed by atoms with E-state index in [1.54, 1.807) is 4.90 Å². The van der Waals surface area contributed by atoms with E-state index in [0.29, 0.717) is 36.5 Å². The third kappa shape index (κ3) is 2.12. The second-order valence-corrected chi connectivity index (χ2v) is 4.67. The van der Waals surface area contributed by atoms with Crippen LogP contribution in [0, 0.1) is 0 Å². The van der Waals surface area contributed by atoms with Crippen molar-refractivity contribution in [2.45, 2.75) is 6.04 Å². The number of nitrogen functional groups attached to an aromatic ring is 1. The molecule has 4 N–H and O–H groups in total. The Morgan fingerprint density at radius 1 is 1.35 bits per heavy atom. The Bertz CT molecular complexity index is 660. The molecular formula is C13H15N5O2. The Labute approximate surface area is 115 Å². The first-order chi connectivity index (χ1) is 9.66. The molecule has 1 aromatic heterocycles. The minimum Gasteiger partial charge on any atom is -0.480 e. The van der Waals surface area contributed by atoms with Crippen molar-refractivity contribution in [1.29, 1.82) is 0 Å². The van der Waals surface area contributed by atoms with Gasteiger partial charge in [0.25, 0.3) is 0 Å². The number of piperazine rings is 1. The molecule has 0 amide bonds. The number of para-hydroxylation sites is 2. The second-order valence-electron chi connectivity index (χ2n) is 4.67. The molecule has 3 rings (SSSR count). The van der Waals surface area contributed by atoms with E-state index in [0.717, 1.165) is 0 Å². The zero-order valence-corrected chi connectivity index (χ0v) is 10.8. The van der Waals surface area contributed by atoms with Gasteiger partial charge in [0, 0.05) is 19.6 Å². The molecule has 2 aromatic rings. The van der Waals surface area contributed by atoms with Crippen LogP contribution < -0.4 is 16.0 Å². The third-order valence-corrected chi connectivity index (χ3v) is 3.38. The van der Waals surface area contributed by atoms with E-state index in [9.17, 15) is 9.90 Å². The summed E-state index contributed by atoms with van der Waals surface area (Å²) in [6.07, 6.45) is 0. The number of aromatic nitrogens is 2. The summed E-state index contributed by atoms with van der Waals surface area (Å²) in [5.41, 5.74) is 7.36. The van der Waals surface area contributed by atoms with Crippen molar-refractivity contribution in [3.63, 3.8) is 0 Å². The molecule has 0 bridgehead atoms. The number of nitrogens with two attached hydrogens (primary N) is 1. The maximum absolute atomic E-state index is 11.3. The minimum atomic E-state index is -0.897. The average molecular weight is 273 g/mol. The van der Waals surface area contributed by atoms with Gasteiger partial charge in [0.1, 0.15) is 6.04 Å². The predicted octanol–water partition coefficient (Wildman–Crippen LogP) is 0.0748. The number of carbonyl (C=O) groups is 1. The van der Waals surface area contributed by atoms with Gasteiger partial charge in [0.05, 0.1) is 11.0 Å². The van der Waals surface area contributed by atoms with Crippen LogP contribution in [-0.2, 0) is 4.79 Å². The lowest BCUT2D eigenvalue weighted by atomic mass is 10.2. The van der Waals surface area contributed by atoms with E-state index < -0.39 is 12.0 Å². The number of rotatable bonds is 2. The number of fused-ring (bicyclic) bond motifs is 1. The molecule has 0 radical (unpaired) electrons. The third-order valence-electron chi connectivity index (χ3n) is 3.38. The Balaban J connectivity index is 2.07. The van der Waals surface area contributed by atoms with Crippen LogP contribution in [0.2, 0.25) is 0 Å². The van der Waals surface area contributed by atoms with Gasteiger partial charge >= 0.3 is 5.97 Å². The van der Waals surface area contributed by atoms with E-state index in [1.807, 2.05) is 24.3 Å². The molecule has 0 spiro atoms. The summed E-state index contributed by atoms with van der Waals surface area (Å²) in [6, 6.07) is 6.71. The predicted molar refractivity (Wildman–Crippen MR) is 75.6 cm³/mol. The number of aliphatic carboxylic acids is 1. The van der Waals surface area contributed by atoms with Gasteiger partial charge < -0.3 is 21.1 Å². The monoisotopic (exact) mass is 273 g/mol. The molecule has 0 unspecified atom stereocenters. The molecule has 104 valence electrons. The first-order valence-corrected chi connectivity index (χ1v) is 6.39. The van der Waals surface area contributed by atoms with Crippen molar-refractivity contribution in [1.82, 2.24) is 15.3 Å². The zero-order chi connectivity index (χ0) is 14.1. The van der Waals surface area contributed by atoms with Gasteiger partial charge in [0.2, 0.25) is 0 Å². The van der Waals surface area contributed by atoms with Gasteiger partial charge in [-0.05, 0) is 12.1 Å². The number of carboxylic acid groups (broad SMARTS) is 1. The van der Waals surface area contributed by atoms with Crippen LogP contribution in [0.3, 0.4) is 0 Å². The van der Waals surface area contributed by atoms with Gasteiger partial charge in [-0.1, -0.05) is 12.1 Å². The Hall–Kier alpha value is -2.41. The SMILES string of the molecule is Nc1nc2ccccc2nc1N1CCNC[C@H]1C(=O)O. The summed E-state index contributed by atoms with van der Waals surface area (Å²) in [6.45, 7) is 1.59. The van der Waals surface area contributed by atoms with Crippen molar-refractivity contribution in [2.24, 2.45) is 0 Å². The Morgan fingerprint density at radius 3 is 2.75 bits per heavy atom. The van der Waals surface area contributed by atoms with Crippen molar-refractivity contribution in [2.75, 3.05) is 30.3 Å². The summed E-state index contributed by atoms with van der Waals surface area (Å²) in [5, 5.41) is 12.4. The van der Waals surface area contributed by atoms with Crippen LogP contribution in [0.4, 0.5) is 11.6 Å². The molecule has 20 heavy (non-hydrogen) atoms. The molecule has 1 aliphatic rings. The fourth-order valence-corrected chi connectivity index (χ4v) is 2.39. The van der Waals surface area contributed by atoms with Gasteiger partial charge in [-0.15, -0.1) is 0 Å². The lowest BCUT2D eigenvalue weighted by Crippen LogP contribution is -2.55. The van der Waals surface area contributed by atoms with Crippen molar-refractivity contribution >= 4 is 28.6 Å². The first-order valence-electron chi connectivity index (χ1n) is 6.39. The highest BCUT2D eigenvalue weighted by atomic mass is 16.4. The second kappa shape index (κ2) is 4.93. The molecular weight excluding hydrogens is 258 g/mol. The van der Waals surface area contributed by atoms with E-state index in [-0.39, 0.29) is 5.82 Å². The highest BCUT2D eigenvalue weighted by Crippen LogP contribution is 2.24. The standard InChI is InChI=1S/C13H15N5O2/c14-11-12(17-9-4-2-1-3-8(9)16-11)18-6-5-15-7-10(18)13(19)20/h1-4,10,15H,5-7H2,(H2,14,16)(H,19,20)/t10-/m0/s1. The van der Waals surface area contributed by atoms with Crippen molar-refractivity contribution in [3.8, 4) is 0 Å². The topological polar surface area (TPSA) is 104 Å². The summed E-state index contributed by atoms with van der Waals surface area (Å²) in [5.74, 6) is -0.194. The molecule has 2 heterocycles. The molecule has 7 heteroatoms. The molecule has 1 aliphatic heterocycles. The quantitative estimate of drug-likeness (QED) is 0.711. The smallest absolute Gasteiger partial charge is 0.327 e. The molecule has 0 aliphatic carbocycles. The van der Waals surface area contributed by atoms with E-state index in [1.165, 1.54) is 0 Å². The van der Waals surface area contributed by atoms with Gasteiger partial charge in [0.15, 0.2) is 11.6 Å². The van der Waals surface area contributed by atoms with Crippen molar-refractivity contribution in [3.05, 3.63) is 24.3 Å². The maximum Gasteiger partial charge on any atom is 0.327 e. The molecule has 7 nitrogen and oxygen atoms in total. The Kier molecular flexibility index (Phi) is 3.11. The Morgan fingerprint density at radius 2 is 2.05 bits per heavy atom. The average Bonchev–Trinajstić information content (AvgIpc) is 2.46. The molecule has 1 saturated heterocycles. The maximum atomic E-state index is 11.3. The molecule has 0 saturated carbocycles. The van der Waals surface area contributed by atoms with Crippen LogP contribution in [0.1, 0.15) is 0 Å². The number of carboxylic acids is 1. The molecule has 1 aromatic carbocycles. The number of hydrogen-bond donors (Lipinski definition) is 3. The number of nitrogens with one attached hydrogen (secondary N) is 1. The first kappa shape index (κ1) is 12.6. The lowest BCUT2D eigenvalue weighted by Gasteiger charge is -2.34. The summed E-state index contributed by atoms with van der Waals surface area (Å²) in [7, 11) is 0. The largest absolute Gasteiger partial charge is 0.480 e. The minimum absolute atomic E-state index is 0.261. The van der Waals surface area contributed by atoms with E-state index >= 15 is 0 Å². The van der Waals surface area contributed by atoms with Gasteiger partial charge in [-0.25, -0.2) is 14.8 Å². The summed E-state index contributed by atoms with van der Waals surface area (Å²) in [4.78, 5) is 21.8. The number of hydrogen-bond acceptors (Lipinski definition) is 6. The highest BCUT2D eigenvalue weighted by Gasteiger charge is 2.31. The van der Waals surface area contributed by atoms with Crippen LogP contribution in [0.15, 0.2) is 24.3 Å². The molecule has 1 atom stereocenters. The van der Waals surface area contributed by atoms with Crippen LogP contribution in [0.25, 0.3) is 11.0 Å². The lowest BCUT2D eigenvalue weighted by molar-refractivity contribution is -0.138. The number of nitrogens with zero attached hydrogens (tertiary/aromatic N) is 3. The highest BCUT2D eigenvalue weighted by molar-refractivity contribution is 5.83. The van der Waals surface area contributed by atoms with E-state index in [4.69, 9.17) is 5.73 Å². The zero-order valence-electron chi connectivity index (χ0n) is 10.8. The van der Waals surface area contributed by atoms with Gasteiger partial charge in [-0.2, -0.15) is 0 Å². The van der Waals surface area contributed by atoms with Crippen molar-refractivity contribution < 1.29 is 9.90 Å². The fraction of sp³-hybridized carbons (Fsp3) is 0.308. The van der Waals surface area contributed by atoms with Crippen LogP contribution >= 0.6 is 0 Å². The summed E-state index contributed by atoms with van der Waals surface area (Å²) >= 11 is 0. The van der Waals surface area contributed by atoms with E-state index in [2.05, 4.69) is 15.3 Å². The molecule has 1 fully saturated rings. The normalized spacial score (nSPS) is 19.2. The van der Waals surface area contributed by atoms with Gasteiger partial charge in [-0.3, -0.25) is 0 Å². The summed E-state index contributed by atoms with van der Waals surface area (Å²) < 4.78 is 0. The fourth-order valence-electron chi connectivity index (χ4n) is 2.39. The van der Waals surface area contributed by atoms with Crippen LogP contribution in [0.5, 0.6) is 0 Å². The number of anilines is 2. The number of benzene rings is 1. The van der Waals surface area contributed by atoms with Crippen LogP contribution in [-0.4, -0.2) is 46.7 Å².